The van der Waals surface area contributed by atoms with Crippen LogP contribution in [0.3, 0.4) is 0 Å². The Hall–Kier alpha value is -1.41. The maximum absolute atomic E-state index is 5.92. The second-order valence-electron chi connectivity index (χ2n) is 5.08. The Bertz CT molecular complexity index is 533. The van der Waals surface area contributed by atoms with Gasteiger partial charge < -0.3 is 5.73 Å². The average molecular weight is 261 g/mol. The summed E-state index contributed by atoms with van der Waals surface area (Å²) in [6, 6.07) is 6.31. The van der Waals surface area contributed by atoms with Gasteiger partial charge in [-0.3, -0.25) is 4.84 Å². The molecule has 0 saturated carbocycles. The molecule has 3 rings (SSSR count). The number of rotatable bonds is 2. The molecule has 18 heavy (non-hydrogen) atoms. The SMILES string of the molecule is CCC1c2cc(N)ccc2C2C=CC(NCl)=CC21. The monoisotopic (exact) mass is 260 g/mol. The van der Waals surface area contributed by atoms with Crippen molar-refractivity contribution < 1.29 is 0 Å². The number of fused-ring (bicyclic) bond motifs is 3. The Kier molecular flexibility index (Phi) is 2.83. The van der Waals surface area contributed by atoms with E-state index in [-0.39, 0.29) is 0 Å². The van der Waals surface area contributed by atoms with E-state index in [0.717, 1.165) is 17.8 Å². The van der Waals surface area contributed by atoms with E-state index in [4.69, 9.17) is 17.5 Å². The van der Waals surface area contributed by atoms with Crippen LogP contribution in [0.2, 0.25) is 0 Å². The number of hydrogen-bond donors (Lipinski definition) is 2. The van der Waals surface area contributed by atoms with Crippen LogP contribution in [0.1, 0.15) is 36.3 Å². The van der Waals surface area contributed by atoms with Crippen molar-refractivity contribution in [1.29, 1.82) is 0 Å². The van der Waals surface area contributed by atoms with Gasteiger partial charge in [-0.05, 0) is 47.6 Å². The molecule has 2 aliphatic carbocycles. The molecule has 0 radical (unpaired) electrons. The topological polar surface area (TPSA) is 38.0 Å². The zero-order chi connectivity index (χ0) is 12.7. The van der Waals surface area contributed by atoms with Crippen molar-refractivity contribution in [2.75, 3.05) is 5.73 Å². The van der Waals surface area contributed by atoms with Gasteiger partial charge in [0.05, 0.1) is 0 Å². The van der Waals surface area contributed by atoms with Crippen LogP contribution in [0.5, 0.6) is 0 Å². The first-order valence-corrected chi connectivity index (χ1v) is 6.78. The van der Waals surface area contributed by atoms with Crippen LogP contribution in [0.4, 0.5) is 5.69 Å². The minimum Gasteiger partial charge on any atom is -0.399 e. The largest absolute Gasteiger partial charge is 0.399 e. The molecule has 2 aliphatic rings. The van der Waals surface area contributed by atoms with Crippen molar-refractivity contribution in [3.05, 3.63) is 53.3 Å². The number of nitrogens with two attached hydrogens (primary N) is 1. The third-order valence-corrected chi connectivity index (χ3v) is 4.37. The molecule has 94 valence electrons. The van der Waals surface area contributed by atoms with Gasteiger partial charge >= 0.3 is 0 Å². The number of allylic oxidation sites excluding steroid dienone is 3. The van der Waals surface area contributed by atoms with E-state index in [1.807, 2.05) is 6.07 Å². The van der Waals surface area contributed by atoms with Gasteiger partial charge in [-0.1, -0.05) is 25.1 Å². The summed E-state index contributed by atoms with van der Waals surface area (Å²) in [5, 5.41) is 0. The zero-order valence-electron chi connectivity index (χ0n) is 10.4. The highest BCUT2D eigenvalue weighted by atomic mass is 35.5. The molecule has 3 N–H and O–H groups in total. The Balaban J connectivity index is 2.08. The number of halogens is 1. The van der Waals surface area contributed by atoms with Gasteiger partial charge in [-0.25, -0.2) is 0 Å². The summed E-state index contributed by atoms with van der Waals surface area (Å²) in [7, 11) is 0. The quantitative estimate of drug-likeness (QED) is 0.629. The lowest BCUT2D eigenvalue weighted by molar-refractivity contribution is 0.495. The highest BCUT2D eigenvalue weighted by Gasteiger charge is 2.38. The van der Waals surface area contributed by atoms with Crippen molar-refractivity contribution in [1.82, 2.24) is 4.84 Å². The molecule has 0 heterocycles. The highest BCUT2D eigenvalue weighted by Crippen LogP contribution is 2.51. The fourth-order valence-corrected chi connectivity index (χ4v) is 3.49. The van der Waals surface area contributed by atoms with Crippen molar-refractivity contribution in [2.24, 2.45) is 5.92 Å². The lowest BCUT2D eigenvalue weighted by Gasteiger charge is -2.23. The minimum absolute atomic E-state index is 0.472. The highest BCUT2D eigenvalue weighted by molar-refractivity contribution is 6.14. The van der Waals surface area contributed by atoms with Crippen molar-refractivity contribution in [3.63, 3.8) is 0 Å². The van der Waals surface area contributed by atoms with Crippen LogP contribution in [0.25, 0.3) is 0 Å². The van der Waals surface area contributed by atoms with Gasteiger partial charge in [0, 0.05) is 29.1 Å². The Morgan fingerprint density at radius 1 is 1.33 bits per heavy atom. The van der Waals surface area contributed by atoms with Crippen LogP contribution >= 0.6 is 11.8 Å². The van der Waals surface area contributed by atoms with Crippen LogP contribution in [-0.2, 0) is 0 Å². The summed E-state index contributed by atoms with van der Waals surface area (Å²) in [4.78, 5) is 2.72. The van der Waals surface area contributed by atoms with Crippen LogP contribution in [0, 0.1) is 5.92 Å². The Morgan fingerprint density at radius 2 is 2.17 bits per heavy atom. The van der Waals surface area contributed by atoms with E-state index in [2.05, 4.69) is 42.1 Å². The normalized spacial score (nSPS) is 28.6. The van der Waals surface area contributed by atoms with E-state index < -0.39 is 0 Å². The van der Waals surface area contributed by atoms with Gasteiger partial charge in [-0.2, -0.15) is 0 Å². The van der Waals surface area contributed by atoms with E-state index in [1.54, 1.807) is 0 Å². The van der Waals surface area contributed by atoms with Crippen LogP contribution < -0.4 is 10.6 Å². The molecule has 3 heteroatoms. The molecule has 0 spiro atoms. The van der Waals surface area contributed by atoms with Gasteiger partial charge in [0.1, 0.15) is 0 Å². The molecule has 0 saturated heterocycles. The summed E-state index contributed by atoms with van der Waals surface area (Å²) < 4.78 is 0. The van der Waals surface area contributed by atoms with E-state index >= 15 is 0 Å². The molecule has 1 aromatic carbocycles. The maximum atomic E-state index is 5.92. The maximum Gasteiger partial charge on any atom is 0.0452 e. The first-order valence-electron chi connectivity index (χ1n) is 6.40. The predicted molar refractivity (Wildman–Crippen MR) is 76.3 cm³/mol. The lowest BCUT2D eigenvalue weighted by Crippen LogP contribution is -2.14. The number of nitrogen functional groups attached to an aromatic ring is 1. The van der Waals surface area contributed by atoms with Crippen molar-refractivity contribution >= 4 is 17.5 Å². The minimum atomic E-state index is 0.472. The number of anilines is 1. The summed E-state index contributed by atoms with van der Waals surface area (Å²) in [5.41, 5.74) is 10.6. The first kappa shape index (κ1) is 11.7. The van der Waals surface area contributed by atoms with Gasteiger partial charge in [0.25, 0.3) is 0 Å². The van der Waals surface area contributed by atoms with Gasteiger partial charge in [0.15, 0.2) is 0 Å². The first-order chi connectivity index (χ1) is 8.74. The number of hydrogen-bond acceptors (Lipinski definition) is 2. The summed E-state index contributed by atoms with van der Waals surface area (Å²) in [6.45, 7) is 2.24. The molecule has 0 fully saturated rings. The molecule has 3 atom stereocenters. The molecule has 0 amide bonds. The van der Waals surface area contributed by atoms with E-state index in [9.17, 15) is 0 Å². The van der Waals surface area contributed by atoms with Crippen molar-refractivity contribution in [2.45, 2.75) is 25.2 Å². The van der Waals surface area contributed by atoms with Gasteiger partial charge in [0.2, 0.25) is 0 Å². The lowest BCUT2D eigenvalue weighted by atomic mass is 9.82. The second kappa shape index (κ2) is 4.36. The summed E-state index contributed by atoms with van der Waals surface area (Å²) in [5.74, 6) is 1.51. The third-order valence-electron chi connectivity index (χ3n) is 4.15. The molecule has 0 aliphatic heterocycles. The molecule has 3 unspecified atom stereocenters. The number of benzene rings is 1. The standard InChI is InChI=1S/C15H17ClN2/c1-2-11-14-7-9(17)3-5-12(14)13-6-4-10(18-16)8-15(11)13/h3-8,11,13,15,18H,2,17H2,1H3. The molecule has 1 aromatic rings. The smallest absolute Gasteiger partial charge is 0.0452 e. The summed E-state index contributed by atoms with van der Waals surface area (Å²) in [6.07, 6.45) is 7.69. The molecule has 0 bridgehead atoms. The predicted octanol–water partition coefficient (Wildman–Crippen LogP) is 3.67. The molecule has 2 nitrogen and oxygen atoms in total. The van der Waals surface area contributed by atoms with Crippen LogP contribution in [0.15, 0.2) is 42.1 Å². The zero-order valence-corrected chi connectivity index (χ0v) is 11.1. The van der Waals surface area contributed by atoms with Crippen molar-refractivity contribution in [3.8, 4) is 0 Å². The van der Waals surface area contributed by atoms with Gasteiger partial charge in [-0.15, -0.1) is 0 Å². The van der Waals surface area contributed by atoms with E-state index in [1.165, 1.54) is 11.1 Å². The molecular formula is C15H17ClN2. The molecule has 0 aromatic heterocycles. The number of nitrogens with one attached hydrogen (secondary N) is 1. The Labute approximate surface area is 113 Å². The van der Waals surface area contributed by atoms with Crippen LogP contribution in [-0.4, -0.2) is 0 Å². The van der Waals surface area contributed by atoms with E-state index in [0.29, 0.717) is 17.8 Å². The Morgan fingerprint density at radius 3 is 2.89 bits per heavy atom. The summed E-state index contributed by atoms with van der Waals surface area (Å²) >= 11 is 5.71. The third kappa shape index (κ3) is 1.64. The molecular weight excluding hydrogens is 244 g/mol. The average Bonchev–Trinajstić information content (AvgIpc) is 2.70. The fourth-order valence-electron chi connectivity index (χ4n) is 3.36. The fraction of sp³-hybridized carbons (Fsp3) is 0.333. The second-order valence-corrected chi connectivity index (χ2v) is 5.27.